The molecule has 1 N–H and O–H groups in total. The van der Waals surface area contributed by atoms with E-state index in [1.807, 2.05) is 38.1 Å². The lowest BCUT2D eigenvalue weighted by Gasteiger charge is -2.26. The minimum atomic E-state index is -4.02. The van der Waals surface area contributed by atoms with Crippen LogP contribution in [0.3, 0.4) is 0 Å². The minimum Gasteiger partial charge on any atom is -0.267 e. The molecule has 0 saturated heterocycles. The third kappa shape index (κ3) is 6.44. The summed E-state index contributed by atoms with van der Waals surface area (Å²) in [6, 6.07) is 27.8. The highest BCUT2D eigenvalue weighted by Crippen LogP contribution is 2.29. The second-order valence-corrected chi connectivity index (χ2v) is 10.9. The smallest absolute Gasteiger partial charge is 0.267 e. The van der Waals surface area contributed by atoms with Gasteiger partial charge in [0.2, 0.25) is 0 Å². The van der Waals surface area contributed by atoms with Gasteiger partial charge in [0.05, 0.1) is 28.9 Å². The Morgan fingerprint density at radius 1 is 0.892 bits per heavy atom. The predicted molar refractivity (Wildman–Crippen MR) is 149 cm³/mol. The topological polar surface area (TPSA) is 78.8 Å². The number of nitrogens with one attached hydrogen (secondary N) is 1. The van der Waals surface area contributed by atoms with E-state index in [0.29, 0.717) is 10.6 Å². The van der Waals surface area contributed by atoms with Crippen molar-refractivity contribution < 1.29 is 13.2 Å². The monoisotopic (exact) mass is 531 g/mol. The summed E-state index contributed by atoms with van der Waals surface area (Å²) in [6.45, 7) is 3.86. The Kier molecular flexibility index (Phi) is 8.06. The number of hydrazone groups is 1. The number of aryl methyl sites for hydroxylation is 2. The molecule has 37 heavy (non-hydrogen) atoms. The number of sulfonamides is 1. The summed E-state index contributed by atoms with van der Waals surface area (Å²) in [7, 11) is -4.02. The Morgan fingerprint density at radius 3 is 2.30 bits per heavy atom. The van der Waals surface area contributed by atoms with Gasteiger partial charge in [0.1, 0.15) is 0 Å². The van der Waals surface area contributed by atoms with E-state index in [9.17, 15) is 13.2 Å². The molecule has 4 aromatic rings. The van der Waals surface area contributed by atoms with Crippen molar-refractivity contribution in [3.63, 3.8) is 0 Å². The third-order valence-electron chi connectivity index (χ3n) is 5.69. The quantitative estimate of drug-likeness (QED) is 0.220. The van der Waals surface area contributed by atoms with Crippen molar-refractivity contribution in [2.24, 2.45) is 5.10 Å². The predicted octanol–water partition coefficient (Wildman–Crippen LogP) is 6.12. The van der Waals surface area contributed by atoms with Gasteiger partial charge in [-0.25, -0.2) is 13.8 Å². The van der Waals surface area contributed by atoms with Crippen molar-refractivity contribution in [3.8, 4) is 0 Å². The maximum absolute atomic E-state index is 13.9. The van der Waals surface area contributed by atoms with Crippen LogP contribution in [0, 0.1) is 13.8 Å². The van der Waals surface area contributed by atoms with Crippen LogP contribution in [0.1, 0.15) is 32.6 Å². The van der Waals surface area contributed by atoms with Gasteiger partial charge in [-0.05, 0) is 61.4 Å². The van der Waals surface area contributed by atoms with Crippen molar-refractivity contribution in [2.45, 2.75) is 25.3 Å². The number of hydrogen-bond acceptors (Lipinski definition) is 4. The van der Waals surface area contributed by atoms with Crippen LogP contribution in [-0.2, 0) is 16.6 Å². The maximum Gasteiger partial charge on any atom is 0.273 e. The molecule has 1 amide bonds. The fraction of sp³-hybridized carbons (Fsp3) is 0.103. The summed E-state index contributed by atoms with van der Waals surface area (Å²) in [4.78, 5) is 13.3. The number of amides is 1. The van der Waals surface area contributed by atoms with E-state index in [0.717, 1.165) is 16.7 Å². The molecule has 6 nitrogen and oxygen atoms in total. The molecule has 4 aromatic carbocycles. The maximum atomic E-state index is 13.9. The first-order chi connectivity index (χ1) is 17.7. The summed E-state index contributed by atoms with van der Waals surface area (Å²) >= 11 is 6.04. The molecule has 0 unspecified atom stereocenters. The summed E-state index contributed by atoms with van der Waals surface area (Å²) < 4.78 is 29.0. The van der Waals surface area contributed by atoms with Crippen LogP contribution in [-0.4, -0.2) is 20.5 Å². The van der Waals surface area contributed by atoms with E-state index < -0.39 is 15.9 Å². The van der Waals surface area contributed by atoms with Gasteiger partial charge in [-0.2, -0.15) is 5.10 Å². The largest absolute Gasteiger partial charge is 0.273 e. The number of benzene rings is 4. The molecule has 0 spiro atoms. The number of rotatable bonds is 8. The first-order valence-corrected chi connectivity index (χ1v) is 13.4. The molecule has 0 aliphatic rings. The molecule has 4 rings (SSSR count). The van der Waals surface area contributed by atoms with Crippen LogP contribution in [0.4, 0.5) is 5.69 Å². The highest BCUT2D eigenvalue weighted by Gasteiger charge is 2.28. The molecule has 0 bridgehead atoms. The normalized spacial score (nSPS) is 11.4. The molecule has 0 heterocycles. The van der Waals surface area contributed by atoms with Gasteiger partial charge in [-0.1, -0.05) is 83.4 Å². The summed E-state index contributed by atoms with van der Waals surface area (Å²) in [5.41, 5.74) is 6.49. The summed E-state index contributed by atoms with van der Waals surface area (Å²) in [5, 5.41) is 4.62. The first kappa shape index (κ1) is 26.1. The molecule has 0 aliphatic heterocycles. The van der Waals surface area contributed by atoms with Crippen molar-refractivity contribution in [1.29, 1.82) is 0 Å². The number of anilines is 1. The second kappa shape index (κ2) is 11.4. The molecule has 0 saturated carbocycles. The molecule has 0 fully saturated rings. The zero-order chi connectivity index (χ0) is 26.4. The highest BCUT2D eigenvalue weighted by atomic mass is 35.5. The number of carbonyl (C=O) groups is 1. The van der Waals surface area contributed by atoms with Gasteiger partial charge in [0.25, 0.3) is 15.9 Å². The van der Waals surface area contributed by atoms with Gasteiger partial charge in [0, 0.05) is 5.02 Å². The molecule has 188 valence electrons. The van der Waals surface area contributed by atoms with E-state index in [4.69, 9.17) is 11.6 Å². The lowest BCUT2D eigenvalue weighted by atomic mass is 10.1. The summed E-state index contributed by atoms with van der Waals surface area (Å²) in [5.74, 6) is -0.528. The van der Waals surface area contributed by atoms with Gasteiger partial charge in [0.15, 0.2) is 0 Å². The highest BCUT2D eigenvalue weighted by molar-refractivity contribution is 7.92. The van der Waals surface area contributed by atoms with Gasteiger partial charge in [-0.3, -0.25) is 9.10 Å². The van der Waals surface area contributed by atoms with Crippen molar-refractivity contribution in [2.75, 3.05) is 4.31 Å². The van der Waals surface area contributed by atoms with E-state index in [1.165, 1.54) is 4.31 Å². The Balaban J connectivity index is 1.71. The molecular formula is C29H26ClN3O3S. The lowest BCUT2D eigenvalue weighted by molar-refractivity contribution is 0.0955. The molecule has 0 atom stereocenters. The molecule has 0 aliphatic carbocycles. The Hall–Kier alpha value is -3.94. The number of nitrogens with zero attached hydrogens (tertiary/aromatic N) is 2. The third-order valence-corrected chi connectivity index (χ3v) is 7.71. The van der Waals surface area contributed by atoms with Gasteiger partial charge in [-0.15, -0.1) is 0 Å². The number of halogens is 1. The van der Waals surface area contributed by atoms with Crippen LogP contribution in [0.15, 0.2) is 107 Å². The fourth-order valence-corrected chi connectivity index (χ4v) is 5.35. The van der Waals surface area contributed by atoms with E-state index in [-0.39, 0.29) is 22.7 Å². The lowest BCUT2D eigenvalue weighted by Crippen LogP contribution is -2.33. The van der Waals surface area contributed by atoms with E-state index in [2.05, 4.69) is 10.5 Å². The number of carbonyl (C=O) groups excluding carboxylic acids is 1. The van der Waals surface area contributed by atoms with Crippen LogP contribution >= 0.6 is 11.6 Å². The van der Waals surface area contributed by atoms with Crippen LogP contribution < -0.4 is 9.73 Å². The number of hydrogen-bond donors (Lipinski definition) is 1. The Morgan fingerprint density at radius 2 is 1.59 bits per heavy atom. The zero-order valence-corrected chi connectivity index (χ0v) is 22.0. The second-order valence-electron chi connectivity index (χ2n) is 8.58. The van der Waals surface area contributed by atoms with Gasteiger partial charge < -0.3 is 0 Å². The van der Waals surface area contributed by atoms with Crippen LogP contribution in [0.2, 0.25) is 5.02 Å². The Bertz CT molecular complexity index is 1530. The van der Waals surface area contributed by atoms with Crippen LogP contribution in [0.25, 0.3) is 0 Å². The van der Waals surface area contributed by atoms with Crippen LogP contribution in [0.5, 0.6) is 0 Å². The summed E-state index contributed by atoms with van der Waals surface area (Å²) in [6.07, 6.45) is 1.54. The zero-order valence-electron chi connectivity index (χ0n) is 20.4. The standard InChI is InChI=1S/C29H26ClN3O3S/c1-21-10-16-26(17-11-21)37(35,36)33(20-23-12-14-25(30)15-13-23)28-9-4-3-8-27(28)29(34)32-31-19-24-7-5-6-22(2)18-24/h3-19H,20H2,1-2H3,(H,32,34)/b31-19-. The average Bonchev–Trinajstić information content (AvgIpc) is 2.88. The molecule has 8 heteroatoms. The average molecular weight is 532 g/mol. The SMILES string of the molecule is Cc1ccc(S(=O)(=O)N(Cc2ccc(Cl)cc2)c2ccccc2C(=O)N/N=C\c2cccc(C)c2)cc1. The minimum absolute atomic E-state index is 0.00420. The van der Waals surface area contributed by atoms with Crippen molar-refractivity contribution in [3.05, 3.63) is 130 Å². The Labute approximate surface area is 222 Å². The van der Waals surface area contributed by atoms with E-state index >= 15 is 0 Å². The van der Waals surface area contributed by atoms with Crippen molar-refractivity contribution in [1.82, 2.24) is 5.43 Å². The fourth-order valence-electron chi connectivity index (χ4n) is 3.75. The first-order valence-electron chi connectivity index (χ1n) is 11.6. The molecular weight excluding hydrogens is 506 g/mol. The molecule has 0 radical (unpaired) electrons. The number of para-hydroxylation sites is 1. The molecule has 0 aromatic heterocycles. The van der Waals surface area contributed by atoms with Gasteiger partial charge >= 0.3 is 0 Å². The van der Waals surface area contributed by atoms with Crippen molar-refractivity contribution >= 4 is 39.4 Å². The van der Waals surface area contributed by atoms with E-state index in [1.54, 1.807) is 79.0 Å².